The lowest BCUT2D eigenvalue weighted by molar-refractivity contribution is 0.464. The minimum absolute atomic E-state index is 0.294. The molecule has 1 fully saturated rings. The SMILES string of the molecule is CC1CCN(S(=O)(=O)c2ccc(Cl)c(Br)c2)C1. The third-order valence-corrected chi connectivity index (χ3v) is 5.99. The molecule has 1 aliphatic rings. The van der Waals surface area contributed by atoms with Gasteiger partial charge in [0.25, 0.3) is 0 Å². The van der Waals surface area contributed by atoms with Crippen molar-refractivity contribution in [3.05, 3.63) is 27.7 Å². The Balaban J connectivity index is 2.35. The molecule has 0 spiro atoms. The summed E-state index contributed by atoms with van der Waals surface area (Å²) < 4.78 is 26.8. The molecule has 0 N–H and O–H groups in total. The van der Waals surface area contributed by atoms with Crippen LogP contribution in [0.15, 0.2) is 27.6 Å². The molecule has 0 saturated carbocycles. The van der Waals surface area contributed by atoms with Crippen LogP contribution in [0.4, 0.5) is 0 Å². The lowest BCUT2D eigenvalue weighted by Gasteiger charge is -2.16. The highest BCUT2D eigenvalue weighted by Gasteiger charge is 2.30. The molecule has 0 aromatic heterocycles. The van der Waals surface area contributed by atoms with Crippen LogP contribution in [0.2, 0.25) is 5.02 Å². The van der Waals surface area contributed by atoms with Gasteiger partial charge in [0, 0.05) is 17.6 Å². The maximum absolute atomic E-state index is 12.3. The van der Waals surface area contributed by atoms with Crippen LogP contribution in [-0.4, -0.2) is 25.8 Å². The van der Waals surface area contributed by atoms with Crippen LogP contribution in [-0.2, 0) is 10.0 Å². The third-order valence-electron chi connectivity index (χ3n) is 2.92. The van der Waals surface area contributed by atoms with Gasteiger partial charge in [-0.2, -0.15) is 4.31 Å². The number of rotatable bonds is 2. The van der Waals surface area contributed by atoms with Crippen molar-refractivity contribution in [1.82, 2.24) is 4.31 Å². The number of halogens is 2. The molecule has 94 valence electrons. The van der Waals surface area contributed by atoms with Crippen LogP contribution >= 0.6 is 27.5 Å². The zero-order chi connectivity index (χ0) is 12.6. The molecule has 17 heavy (non-hydrogen) atoms. The quantitative estimate of drug-likeness (QED) is 0.831. The molecule has 1 aromatic rings. The van der Waals surface area contributed by atoms with E-state index in [0.29, 0.717) is 33.4 Å². The van der Waals surface area contributed by atoms with Gasteiger partial charge in [0.2, 0.25) is 10.0 Å². The van der Waals surface area contributed by atoms with Gasteiger partial charge in [0.15, 0.2) is 0 Å². The van der Waals surface area contributed by atoms with Crippen molar-refractivity contribution in [1.29, 1.82) is 0 Å². The molecule has 0 radical (unpaired) electrons. The molecular weight excluding hydrogens is 326 g/mol. The van der Waals surface area contributed by atoms with Gasteiger partial charge in [0.05, 0.1) is 9.92 Å². The van der Waals surface area contributed by atoms with E-state index in [1.807, 2.05) is 0 Å². The summed E-state index contributed by atoms with van der Waals surface area (Å²) in [4.78, 5) is 0.294. The fourth-order valence-electron chi connectivity index (χ4n) is 1.90. The average Bonchev–Trinajstić information content (AvgIpc) is 2.69. The van der Waals surface area contributed by atoms with Gasteiger partial charge in [-0.3, -0.25) is 0 Å². The second-order valence-corrected chi connectivity index (χ2v) is 7.53. The second-order valence-electron chi connectivity index (χ2n) is 4.33. The molecule has 0 amide bonds. The van der Waals surface area contributed by atoms with E-state index in [1.54, 1.807) is 18.2 Å². The van der Waals surface area contributed by atoms with Crippen molar-refractivity contribution < 1.29 is 8.42 Å². The summed E-state index contributed by atoms with van der Waals surface area (Å²) in [5.74, 6) is 0.431. The Morgan fingerprint density at radius 1 is 1.47 bits per heavy atom. The van der Waals surface area contributed by atoms with E-state index in [4.69, 9.17) is 11.6 Å². The highest BCUT2D eigenvalue weighted by atomic mass is 79.9. The predicted molar refractivity (Wildman–Crippen MR) is 71.7 cm³/mol. The van der Waals surface area contributed by atoms with Gasteiger partial charge in [-0.05, 0) is 46.5 Å². The van der Waals surface area contributed by atoms with E-state index in [2.05, 4.69) is 22.9 Å². The van der Waals surface area contributed by atoms with Gasteiger partial charge in [0.1, 0.15) is 0 Å². The van der Waals surface area contributed by atoms with Crippen molar-refractivity contribution in [3.8, 4) is 0 Å². The largest absolute Gasteiger partial charge is 0.243 e. The number of nitrogens with zero attached hydrogens (tertiary/aromatic N) is 1. The summed E-state index contributed by atoms with van der Waals surface area (Å²) in [6.07, 6.45) is 0.925. The summed E-state index contributed by atoms with van der Waals surface area (Å²) in [7, 11) is -3.37. The molecule has 1 aliphatic heterocycles. The van der Waals surface area contributed by atoms with Crippen molar-refractivity contribution in [2.24, 2.45) is 5.92 Å². The molecule has 0 bridgehead atoms. The minimum Gasteiger partial charge on any atom is -0.207 e. The predicted octanol–water partition coefficient (Wildman–Crippen LogP) is 3.13. The highest BCUT2D eigenvalue weighted by Crippen LogP contribution is 2.29. The first-order valence-corrected chi connectivity index (χ1v) is 7.97. The van der Waals surface area contributed by atoms with Crippen molar-refractivity contribution >= 4 is 37.6 Å². The first-order valence-electron chi connectivity index (χ1n) is 5.36. The number of hydrogen-bond acceptors (Lipinski definition) is 2. The van der Waals surface area contributed by atoms with E-state index < -0.39 is 10.0 Å². The maximum Gasteiger partial charge on any atom is 0.243 e. The lowest BCUT2D eigenvalue weighted by atomic mass is 10.2. The van der Waals surface area contributed by atoms with Crippen molar-refractivity contribution in [2.45, 2.75) is 18.2 Å². The summed E-state index contributed by atoms with van der Waals surface area (Å²) in [5, 5.41) is 0.513. The Hall–Kier alpha value is -0.100. The number of hydrogen-bond donors (Lipinski definition) is 0. The number of sulfonamides is 1. The Kier molecular flexibility index (Phi) is 3.83. The van der Waals surface area contributed by atoms with Crippen LogP contribution in [0.5, 0.6) is 0 Å². The zero-order valence-electron chi connectivity index (χ0n) is 9.36. The summed E-state index contributed by atoms with van der Waals surface area (Å²) in [6.45, 7) is 3.26. The zero-order valence-corrected chi connectivity index (χ0v) is 12.5. The highest BCUT2D eigenvalue weighted by molar-refractivity contribution is 9.10. The van der Waals surface area contributed by atoms with E-state index in [9.17, 15) is 8.42 Å². The van der Waals surface area contributed by atoms with Crippen LogP contribution in [0.25, 0.3) is 0 Å². The Labute approximate surface area is 115 Å². The average molecular weight is 339 g/mol. The van der Waals surface area contributed by atoms with Crippen LogP contribution < -0.4 is 0 Å². The Morgan fingerprint density at radius 3 is 2.71 bits per heavy atom. The summed E-state index contributed by atoms with van der Waals surface area (Å²) in [5.41, 5.74) is 0. The first-order chi connectivity index (χ1) is 7.91. The van der Waals surface area contributed by atoms with Gasteiger partial charge >= 0.3 is 0 Å². The van der Waals surface area contributed by atoms with Gasteiger partial charge in [-0.1, -0.05) is 18.5 Å². The Morgan fingerprint density at radius 2 is 2.18 bits per heavy atom. The first kappa shape index (κ1) is 13.3. The molecule has 1 heterocycles. The molecule has 1 unspecified atom stereocenters. The minimum atomic E-state index is -3.37. The normalized spacial score (nSPS) is 21.9. The van der Waals surface area contributed by atoms with E-state index >= 15 is 0 Å². The fraction of sp³-hybridized carbons (Fsp3) is 0.455. The third kappa shape index (κ3) is 2.67. The Bertz CT molecular complexity index is 532. The molecular formula is C11H13BrClNO2S. The monoisotopic (exact) mass is 337 g/mol. The van der Waals surface area contributed by atoms with Crippen LogP contribution in [0.1, 0.15) is 13.3 Å². The lowest BCUT2D eigenvalue weighted by Crippen LogP contribution is -2.28. The topological polar surface area (TPSA) is 37.4 Å². The molecule has 2 rings (SSSR count). The van der Waals surface area contributed by atoms with Crippen molar-refractivity contribution in [2.75, 3.05) is 13.1 Å². The van der Waals surface area contributed by atoms with Gasteiger partial charge < -0.3 is 0 Å². The van der Waals surface area contributed by atoms with Crippen molar-refractivity contribution in [3.63, 3.8) is 0 Å². The maximum atomic E-state index is 12.3. The standard InChI is InChI=1S/C11H13BrClNO2S/c1-8-4-5-14(7-8)17(15,16)9-2-3-11(13)10(12)6-9/h2-3,6,8H,4-5,7H2,1H3. The summed E-state index contributed by atoms with van der Waals surface area (Å²) in [6, 6.07) is 4.70. The smallest absolute Gasteiger partial charge is 0.207 e. The fourth-order valence-corrected chi connectivity index (χ4v) is 4.15. The van der Waals surface area contributed by atoms with E-state index in [1.165, 1.54) is 4.31 Å². The van der Waals surface area contributed by atoms with Gasteiger partial charge in [-0.25, -0.2) is 8.42 Å². The van der Waals surface area contributed by atoms with Crippen LogP contribution in [0.3, 0.4) is 0 Å². The molecule has 3 nitrogen and oxygen atoms in total. The van der Waals surface area contributed by atoms with Crippen LogP contribution in [0, 0.1) is 5.92 Å². The van der Waals surface area contributed by atoms with Gasteiger partial charge in [-0.15, -0.1) is 0 Å². The molecule has 0 aliphatic carbocycles. The molecule has 1 saturated heterocycles. The van der Waals surface area contributed by atoms with E-state index in [-0.39, 0.29) is 0 Å². The number of benzene rings is 1. The molecule has 1 aromatic carbocycles. The molecule has 1 atom stereocenters. The summed E-state index contributed by atoms with van der Waals surface area (Å²) >= 11 is 9.10. The molecule has 6 heteroatoms. The van der Waals surface area contributed by atoms with E-state index in [0.717, 1.165) is 6.42 Å². The second kappa shape index (κ2) is 4.88.